The fourth-order valence-corrected chi connectivity index (χ4v) is 1.17. The maximum atomic E-state index is 11.4. The molecule has 0 saturated heterocycles. The van der Waals surface area contributed by atoms with Crippen LogP contribution < -0.4 is 5.32 Å². The molecule has 0 aliphatic rings. The number of nitrogens with zero attached hydrogens (tertiary/aromatic N) is 2. The Morgan fingerprint density at radius 2 is 2.43 bits per heavy atom. The summed E-state index contributed by atoms with van der Waals surface area (Å²) in [6.45, 7) is 2.22. The fourth-order valence-electron chi connectivity index (χ4n) is 1.17. The summed E-state index contributed by atoms with van der Waals surface area (Å²) >= 11 is 0. The summed E-state index contributed by atoms with van der Waals surface area (Å²) in [4.78, 5) is 11.4. The van der Waals surface area contributed by atoms with Crippen LogP contribution >= 0.6 is 0 Å². The lowest BCUT2D eigenvalue weighted by Gasteiger charge is -2.01. The van der Waals surface area contributed by atoms with E-state index in [0.717, 1.165) is 5.69 Å². The van der Waals surface area contributed by atoms with Crippen molar-refractivity contribution < 1.29 is 9.53 Å². The first-order valence-corrected chi connectivity index (χ1v) is 4.51. The van der Waals surface area contributed by atoms with Crippen molar-refractivity contribution in [3.63, 3.8) is 0 Å². The Morgan fingerprint density at radius 3 is 2.93 bits per heavy atom. The molecule has 0 atom stereocenters. The molecule has 5 heteroatoms. The number of anilines is 1. The SMILES string of the molecule is CCC(=O)n1nc(COC)cc1NC. The molecule has 1 aromatic rings. The molecule has 1 heterocycles. The summed E-state index contributed by atoms with van der Waals surface area (Å²) in [6, 6.07) is 1.80. The molecular formula is C9H15N3O2. The van der Waals surface area contributed by atoms with Crippen LogP contribution in [0.5, 0.6) is 0 Å². The van der Waals surface area contributed by atoms with Gasteiger partial charge in [-0.3, -0.25) is 4.79 Å². The zero-order chi connectivity index (χ0) is 10.6. The predicted octanol–water partition coefficient (Wildman–Crippen LogP) is 1.12. The maximum Gasteiger partial charge on any atom is 0.248 e. The normalized spacial score (nSPS) is 10.2. The molecule has 0 spiro atoms. The van der Waals surface area contributed by atoms with Gasteiger partial charge in [-0.15, -0.1) is 0 Å². The van der Waals surface area contributed by atoms with Gasteiger partial charge in [-0.25, -0.2) is 0 Å². The number of hydrogen-bond donors (Lipinski definition) is 1. The minimum Gasteiger partial charge on any atom is -0.378 e. The Balaban J connectivity index is 2.96. The average molecular weight is 197 g/mol. The topological polar surface area (TPSA) is 56.2 Å². The lowest BCUT2D eigenvalue weighted by Crippen LogP contribution is -2.13. The van der Waals surface area contributed by atoms with Crippen molar-refractivity contribution in [3.05, 3.63) is 11.8 Å². The van der Waals surface area contributed by atoms with Crippen LogP contribution in [0.4, 0.5) is 5.82 Å². The summed E-state index contributed by atoms with van der Waals surface area (Å²) in [7, 11) is 3.35. The van der Waals surface area contributed by atoms with Gasteiger partial charge in [0.15, 0.2) is 0 Å². The first kappa shape index (κ1) is 10.7. The number of carbonyl (C=O) groups excluding carboxylic acids is 1. The Morgan fingerprint density at radius 1 is 1.71 bits per heavy atom. The number of rotatable bonds is 4. The smallest absolute Gasteiger partial charge is 0.248 e. The molecule has 78 valence electrons. The third-order valence-electron chi connectivity index (χ3n) is 1.85. The van der Waals surface area contributed by atoms with E-state index in [0.29, 0.717) is 18.8 Å². The Labute approximate surface area is 83.1 Å². The molecular weight excluding hydrogens is 182 g/mol. The average Bonchev–Trinajstić information content (AvgIpc) is 2.60. The van der Waals surface area contributed by atoms with Gasteiger partial charge in [0.05, 0.1) is 12.3 Å². The fraction of sp³-hybridized carbons (Fsp3) is 0.556. The molecule has 5 nitrogen and oxygen atoms in total. The number of carbonyl (C=O) groups is 1. The highest BCUT2D eigenvalue weighted by atomic mass is 16.5. The van der Waals surface area contributed by atoms with E-state index in [2.05, 4.69) is 10.4 Å². The van der Waals surface area contributed by atoms with Crippen LogP contribution in [0.1, 0.15) is 23.8 Å². The van der Waals surface area contributed by atoms with Crippen molar-refractivity contribution in [2.45, 2.75) is 20.0 Å². The molecule has 1 aromatic heterocycles. The maximum absolute atomic E-state index is 11.4. The number of hydrogen-bond acceptors (Lipinski definition) is 4. The minimum atomic E-state index is -0.0308. The molecule has 0 aliphatic heterocycles. The second kappa shape index (κ2) is 4.76. The lowest BCUT2D eigenvalue weighted by atomic mass is 10.4. The van der Waals surface area contributed by atoms with Gasteiger partial charge in [-0.2, -0.15) is 9.78 Å². The third-order valence-corrected chi connectivity index (χ3v) is 1.85. The van der Waals surface area contributed by atoms with Crippen LogP contribution in [-0.4, -0.2) is 29.8 Å². The van der Waals surface area contributed by atoms with Crippen molar-refractivity contribution in [1.29, 1.82) is 0 Å². The summed E-state index contributed by atoms with van der Waals surface area (Å²) in [5.74, 6) is 0.667. The molecule has 0 saturated carbocycles. The quantitative estimate of drug-likeness (QED) is 0.785. The monoisotopic (exact) mass is 197 g/mol. The molecule has 0 unspecified atom stereocenters. The van der Waals surface area contributed by atoms with Crippen molar-refractivity contribution in [3.8, 4) is 0 Å². The molecule has 0 aliphatic carbocycles. The number of ether oxygens (including phenoxy) is 1. The molecule has 0 bridgehead atoms. The van der Waals surface area contributed by atoms with Crippen LogP contribution in [0.25, 0.3) is 0 Å². The highest BCUT2D eigenvalue weighted by molar-refractivity contribution is 5.81. The molecule has 0 radical (unpaired) electrons. The second-order valence-electron chi connectivity index (χ2n) is 2.86. The molecule has 0 amide bonds. The van der Waals surface area contributed by atoms with Crippen LogP contribution in [-0.2, 0) is 11.3 Å². The van der Waals surface area contributed by atoms with Crippen LogP contribution in [0.2, 0.25) is 0 Å². The van der Waals surface area contributed by atoms with Gasteiger partial charge in [0.25, 0.3) is 0 Å². The van der Waals surface area contributed by atoms with Crippen molar-refractivity contribution in [2.75, 3.05) is 19.5 Å². The van der Waals surface area contributed by atoms with Gasteiger partial charge < -0.3 is 10.1 Å². The van der Waals surface area contributed by atoms with Gasteiger partial charge in [0.1, 0.15) is 5.82 Å². The first-order chi connectivity index (χ1) is 6.72. The van der Waals surface area contributed by atoms with Crippen molar-refractivity contribution in [2.24, 2.45) is 0 Å². The molecule has 0 fully saturated rings. The van der Waals surface area contributed by atoms with E-state index in [9.17, 15) is 4.79 Å². The number of methoxy groups -OCH3 is 1. The van der Waals surface area contributed by atoms with E-state index in [1.165, 1.54) is 4.68 Å². The van der Waals surface area contributed by atoms with Gasteiger partial charge in [0, 0.05) is 26.6 Å². The molecule has 1 rings (SSSR count). The summed E-state index contributed by atoms with van der Waals surface area (Å²) in [5.41, 5.74) is 0.749. The number of nitrogens with one attached hydrogen (secondary N) is 1. The van der Waals surface area contributed by atoms with Crippen LogP contribution in [0.15, 0.2) is 6.07 Å². The van der Waals surface area contributed by atoms with E-state index in [4.69, 9.17) is 4.74 Å². The number of aromatic nitrogens is 2. The summed E-state index contributed by atoms with van der Waals surface area (Å²) in [5, 5.41) is 7.03. The van der Waals surface area contributed by atoms with Crippen LogP contribution in [0, 0.1) is 0 Å². The van der Waals surface area contributed by atoms with Gasteiger partial charge in [0.2, 0.25) is 5.91 Å². The van der Waals surface area contributed by atoms with Crippen molar-refractivity contribution in [1.82, 2.24) is 9.78 Å². The first-order valence-electron chi connectivity index (χ1n) is 4.51. The molecule has 1 N–H and O–H groups in total. The minimum absolute atomic E-state index is 0.0308. The Kier molecular flexibility index (Phi) is 3.64. The van der Waals surface area contributed by atoms with Gasteiger partial charge in [-0.05, 0) is 0 Å². The lowest BCUT2D eigenvalue weighted by molar-refractivity contribution is 0.0893. The van der Waals surface area contributed by atoms with Gasteiger partial charge >= 0.3 is 0 Å². The standard InChI is InChI=1S/C9H15N3O2/c1-4-9(13)12-8(10-2)5-7(11-12)6-14-3/h5,10H,4,6H2,1-3H3. The molecule has 0 aromatic carbocycles. The second-order valence-corrected chi connectivity index (χ2v) is 2.86. The van der Waals surface area contributed by atoms with Crippen LogP contribution in [0.3, 0.4) is 0 Å². The van der Waals surface area contributed by atoms with Gasteiger partial charge in [-0.1, -0.05) is 6.92 Å². The van der Waals surface area contributed by atoms with Crippen molar-refractivity contribution >= 4 is 11.7 Å². The third kappa shape index (κ3) is 2.11. The summed E-state index contributed by atoms with van der Waals surface area (Å²) < 4.78 is 6.31. The van der Waals surface area contributed by atoms with E-state index >= 15 is 0 Å². The summed E-state index contributed by atoms with van der Waals surface area (Å²) in [6.07, 6.45) is 0.433. The van der Waals surface area contributed by atoms with E-state index in [1.807, 2.05) is 0 Å². The molecule has 14 heavy (non-hydrogen) atoms. The Bertz CT molecular complexity index is 320. The highest BCUT2D eigenvalue weighted by Gasteiger charge is 2.11. The Hall–Kier alpha value is -1.36. The predicted molar refractivity (Wildman–Crippen MR) is 53.4 cm³/mol. The highest BCUT2D eigenvalue weighted by Crippen LogP contribution is 2.11. The largest absolute Gasteiger partial charge is 0.378 e. The zero-order valence-corrected chi connectivity index (χ0v) is 8.70. The zero-order valence-electron chi connectivity index (χ0n) is 8.70. The van der Waals surface area contributed by atoms with E-state index < -0.39 is 0 Å². The van der Waals surface area contributed by atoms with E-state index in [1.54, 1.807) is 27.1 Å². The van der Waals surface area contributed by atoms with E-state index in [-0.39, 0.29) is 5.91 Å².